The molecule has 0 amide bonds. The van der Waals surface area contributed by atoms with Gasteiger partial charge in [0.1, 0.15) is 0 Å². The summed E-state index contributed by atoms with van der Waals surface area (Å²) in [5.74, 6) is 1.62. The summed E-state index contributed by atoms with van der Waals surface area (Å²) in [5.41, 5.74) is 0.830. The van der Waals surface area contributed by atoms with Gasteiger partial charge in [-0.1, -0.05) is 0 Å². The van der Waals surface area contributed by atoms with E-state index in [1.54, 1.807) is 0 Å². The predicted molar refractivity (Wildman–Crippen MR) is 77.0 cm³/mol. The molecular weight excluding hydrogens is 300 g/mol. The molecule has 2 fully saturated rings. The van der Waals surface area contributed by atoms with Crippen LogP contribution >= 0.6 is 12.2 Å². The topological polar surface area (TPSA) is 67.9 Å². The van der Waals surface area contributed by atoms with Gasteiger partial charge in [-0.15, -0.1) is 0 Å². The Kier molecular flexibility index (Phi) is 2.43. The highest BCUT2D eigenvalue weighted by molar-refractivity contribution is 7.91. The summed E-state index contributed by atoms with van der Waals surface area (Å²) >= 11 is 5.33. The highest BCUT2D eigenvalue weighted by atomic mass is 32.2. The molecule has 20 heavy (non-hydrogen) atoms. The van der Waals surface area contributed by atoms with Crippen molar-refractivity contribution in [1.29, 1.82) is 0 Å². The molecule has 3 heterocycles. The molecule has 3 aliphatic rings. The SMILES string of the molecule is O=S1(=O)C[C@H]2NC(=S)N(c3ccc4c(c3)OCO4)[C@H]2C1. The van der Waals surface area contributed by atoms with E-state index in [9.17, 15) is 8.42 Å². The largest absolute Gasteiger partial charge is 0.454 e. The molecule has 0 unspecified atom stereocenters. The van der Waals surface area contributed by atoms with Crippen molar-refractivity contribution in [1.82, 2.24) is 5.32 Å². The van der Waals surface area contributed by atoms with Gasteiger partial charge in [-0.2, -0.15) is 0 Å². The normalized spacial score (nSPS) is 29.4. The van der Waals surface area contributed by atoms with E-state index in [0.29, 0.717) is 16.6 Å². The summed E-state index contributed by atoms with van der Waals surface area (Å²) in [4.78, 5) is 1.87. The third-order valence-electron chi connectivity index (χ3n) is 3.82. The highest BCUT2D eigenvalue weighted by Gasteiger charge is 2.47. The second-order valence-corrected chi connectivity index (χ2v) is 7.65. The van der Waals surface area contributed by atoms with Crippen molar-refractivity contribution in [2.75, 3.05) is 23.2 Å². The molecule has 0 radical (unpaired) electrons. The maximum Gasteiger partial charge on any atom is 0.231 e. The minimum Gasteiger partial charge on any atom is -0.454 e. The van der Waals surface area contributed by atoms with Gasteiger partial charge in [0.15, 0.2) is 26.4 Å². The fourth-order valence-corrected chi connectivity index (χ4v) is 5.23. The number of anilines is 1. The zero-order valence-corrected chi connectivity index (χ0v) is 12.0. The van der Waals surface area contributed by atoms with Crippen LogP contribution in [0.5, 0.6) is 11.5 Å². The molecular formula is C12H12N2O4S2. The van der Waals surface area contributed by atoms with Crippen LogP contribution in [0.2, 0.25) is 0 Å². The second kappa shape index (κ2) is 3.98. The zero-order valence-electron chi connectivity index (χ0n) is 10.4. The molecule has 3 aliphatic heterocycles. The lowest BCUT2D eigenvalue weighted by atomic mass is 10.1. The minimum absolute atomic E-state index is 0.124. The summed E-state index contributed by atoms with van der Waals surface area (Å²) in [7, 11) is -3.00. The number of nitrogens with zero attached hydrogens (tertiary/aromatic N) is 1. The Morgan fingerprint density at radius 2 is 2.05 bits per heavy atom. The lowest BCUT2D eigenvalue weighted by Gasteiger charge is -2.23. The van der Waals surface area contributed by atoms with E-state index in [-0.39, 0.29) is 30.4 Å². The second-order valence-electron chi connectivity index (χ2n) is 5.11. The predicted octanol–water partition coefficient (Wildman–Crippen LogP) is 0.275. The monoisotopic (exact) mass is 312 g/mol. The van der Waals surface area contributed by atoms with Crippen molar-refractivity contribution >= 4 is 32.9 Å². The first-order chi connectivity index (χ1) is 9.53. The molecule has 0 aromatic heterocycles. The summed E-state index contributed by atoms with van der Waals surface area (Å²) in [6.45, 7) is 0.210. The van der Waals surface area contributed by atoms with Crippen molar-refractivity contribution < 1.29 is 17.9 Å². The van der Waals surface area contributed by atoms with Gasteiger partial charge in [-0.05, 0) is 24.4 Å². The van der Waals surface area contributed by atoms with Crippen LogP contribution in [0, 0.1) is 0 Å². The van der Waals surface area contributed by atoms with Gasteiger partial charge in [0.25, 0.3) is 0 Å². The molecule has 0 spiro atoms. The van der Waals surface area contributed by atoms with Crippen LogP contribution in [0.1, 0.15) is 0 Å². The number of hydrogen-bond donors (Lipinski definition) is 1. The Hall–Kier alpha value is -1.54. The molecule has 6 nitrogen and oxygen atoms in total. The lowest BCUT2D eigenvalue weighted by Crippen LogP contribution is -2.36. The lowest BCUT2D eigenvalue weighted by molar-refractivity contribution is 0.174. The van der Waals surface area contributed by atoms with E-state index in [2.05, 4.69) is 5.32 Å². The fourth-order valence-electron chi connectivity index (χ4n) is 2.94. The van der Waals surface area contributed by atoms with Gasteiger partial charge < -0.3 is 19.7 Å². The average Bonchev–Trinajstić information content (AvgIpc) is 3.00. The molecule has 4 rings (SSSR count). The Balaban J connectivity index is 1.72. The molecule has 1 aromatic rings. The van der Waals surface area contributed by atoms with Crippen LogP contribution in [0.15, 0.2) is 18.2 Å². The number of rotatable bonds is 1. The Bertz CT molecular complexity index is 703. The number of thiocarbonyl (C=S) groups is 1. The standard InChI is InChI=1S/C12H12N2O4S2/c15-20(16)4-8-9(5-20)14(12(19)13-8)7-1-2-10-11(3-7)18-6-17-10/h1-3,8-9H,4-6H2,(H,13,19)/t8-,9+/m1/s1. The van der Waals surface area contributed by atoms with E-state index in [1.807, 2.05) is 23.1 Å². The van der Waals surface area contributed by atoms with Crippen LogP contribution in [-0.2, 0) is 9.84 Å². The number of hydrogen-bond acceptors (Lipinski definition) is 5. The summed E-state index contributed by atoms with van der Waals surface area (Å²) in [6.07, 6.45) is 0. The summed E-state index contributed by atoms with van der Waals surface area (Å²) < 4.78 is 34.2. The smallest absolute Gasteiger partial charge is 0.231 e. The Morgan fingerprint density at radius 3 is 2.90 bits per heavy atom. The van der Waals surface area contributed by atoms with Crippen LogP contribution in [0.25, 0.3) is 0 Å². The van der Waals surface area contributed by atoms with Gasteiger partial charge in [0.05, 0.1) is 23.6 Å². The number of ether oxygens (including phenoxy) is 2. The van der Waals surface area contributed by atoms with Crippen molar-refractivity contribution in [2.24, 2.45) is 0 Å². The molecule has 2 atom stereocenters. The summed E-state index contributed by atoms with van der Waals surface area (Å²) in [5, 5.41) is 3.66. The van der Waals surface area contributed by atoms with E-state index < -0.39 is 9.84 Å². The summed E-state index contributed by atoms with van der Waals surface area (Å²) in [6, 6.07) is 5.25. The third-order valence-corrected chi connectivity index (χ3v) is 5.85. The van der Waals surface area contributed by atoms with Crippen molar-refractivity contribution in [2.45, 2.75) is 12.1 Å². The van der Waals surface area contributed by atoms with E-state index in [1.165, 1.54) is 0 Å². The first-order valence-corrected chi connectivity index (χ1v) is 8.46. The van der Waals surface area contributed by atoms with Crippen LogP contribution in [0.3, 0.4) is 0 Å². The van der Waals surface area contributed by atoms with Gasteiger partial charge in [-0.3, -0.25) is 0 Å². The number of benzene rings is 1. The number of fused-ring (bicyclic) bond motifs is 2. The van der Waals surface area contributed by atoms with Crippen LogP contribution < -0.4 is 19.7 Å². The van der Waals surface area contributed by atoms with E-state index >= 15 is 0 Å². The number of sulfone groups is 1. The first kappa shape index (κ1) is 12.2. The maximum atomic E-state index is 11.8. The molecule has 1 N–H and O–H groups in total. The average molecular weight is 312 g/mol. The maximum absolute atomic E-state index is 11.8. The van der Waals surface area contributed by atoms with E-state index in [0.717, 1.165) is 5.69 Å². The molecule has 1 aromatic carbocycles. The minimum atomic E-state index is -3.00. The van der Waals surface area contributed by atoms with Crippen LogP contribution in [-0.4, -0.2) is 43.9 Å². The quantitative estimate of drug-likeness (QED) is 0.747. The molecule has 0 bridgehead atoms. The zero-order chi connectivity index (χ0) is 13.9. The molecule has 2 saturated heterocycles. The molecule has 106 valence electrons. The van der Waals surface area contributed by atoms with Crippen molar-refractivity contribution in [3.05, 3.63) is 18.2 Å². The highest BCUT2D eigenvalue weighted by Crippen LogP contribution is 2.38. The van der Waals surface area contributed by atoms with Crippen molar-refractivity contribution in [3.8, 4) is 11.5 Å². The Morgan fingerprint density at radius 1 is 1.25 bits per heavy atom. The molecule has 0 saturated carbocycles. The van der Waals surface area contributed by atoms with Crippen molar-refractivity contribution in [3.63, 3.8) is 0 Å². The van der Waals surface area contributed by atoms with Gasteiger partial charge in [0, 0.05) is 11.8 Å². The first-order valence-electron chi connectivity index (χ1n) is 6.23. The third kappa shape index (κ3) is 1.75. The molecule has 0 aliphatic carbocycles. The fraction of sp³-hybridized carbons (Fsp3) is 0.417. The Labute approximate surface area is 121 Å². The molecule has 8 heteroatoms. The van der Waals surface area contributed by atoms with Crippen LogP contribution in [0.4, 0.5) is 5.69 Å². The van der Waals surface area contributed by atoms with Gasteiger partial charge in [0.2, 0.25) is 6.79 Å². The van der Waals surface area contributed by atoms with Gasteiger partial charge in [-0.25, -0.2) is 8.42 Å². The number of nitrogens with one attached hydrogen (secondary N) is 1. The van der Waals surface area contributed by atoms with E-state index in [4.69, 9.17) is 21.7 Å². The van der Waals surface area contributed by atoms with Gasteiger partial charge >= 0.3 is 0 Å².